The van der Waals surface area contributed by atoms with Gasteiger partial charge in [-0.3, -0.25) is 9.69 Å². The van der Waals surface area contributed by atoms with E-state index in [9.17, 15) is 14.6 Å². The van der Waals surface area contributed by atoms with Crippen molar-refractivity contribution in [3.05, 3.63) is 35.9 Å². The van der Waals surface area contributed by atoms with Crippen LogP contribution in [0.3, 0.4) is 0 Å². The lowest BCUT2D eigenvalue weighted by molar-refractivity contribution is -0.333. The molecule has 1 atom stereocenters. The van der Waals surface area contributed by atoms with Crippen LogP contribution < -0.4 is 9.79 Å². The fourth-order valence-electron chi connectivity index (χ4n) is 1.29. The molecule has 0 fully saturated rings. The van der Waals surface area contributed by atoms with Crippen LogP contribution in [0.4, 0.5) is 0 Å². The Morgan fingerprint density at radius 3 is 2.21 bits per heavy atom. The molecule has 0 amide bonds. The Bertz CT molecular complexity index is 317. The van der Waals surface area contributed by atoms with Crippen molar-refractivity contribution in [1.82, 2.24) is 0 Å². The number of carbonyl (C=O) groups excluding carboxylic acids is 1. The van der Waals surface area contributed by atoms with Crippen LogP contribution in [0.25, 0.3) is 0 Å². The molecule has 1 aromatic carbocycles. The highest BCUT2D eigenvalue weighted by Gasteiger charge is 2.31. The Hall–Kier alpha value is -0.800. The van der Waals surface area contributed by atoms with E-state index in [4.69, 9.17) is 4.89 Å². The number of hydrogen-bond acceptors (Lipinski definition) is 4. The lowest BCUT2D eigenvalue weighted by atomic mass is 10.1. The second-order valence-corrected chi connectivity index (χ2v) is 4.63. The van der Waals surface area contributed by atoms with Crippen LogP contribution in [0, 0.1) is 0 Å². The number of Topliss-reactive ketones (excluding diaryl/α,β-unsaturated/α-hetero) is 1. The third-order valence-corrected chi connectivity index (χ3v) is 3.14. The van der Waals surface area contributed by atoms with E-state index in [-0.39, 0.29) is 0 Å². The zero-order valence-electron chi connectivity index (χ0n) is 7.58. The number of ketones is 1. The van der Waals surface area contributed by atoms with Crippen LogP contribution in [-0.4, -0.2) is 10.7 Å². The summed E-state index contributed by atoms with van der Waals surface area (Å²) < 4.78 is 0. The van der Waals surface area contributed by atoms with Crippen molar-refractivity contribution in [3.63, 3.8) is 0 Å². The minimum atomic E-state index is -4.65. The highest BCUT2D eigenvalue weighted by atomic mass is 31.2. The Balaban J connectivity index is 3.08. The Morgan fingerprint density at radius 1 is 1.36 bits per heavy atom. The molecule has 14 heavy (non-hydrogen) atoms. The van der Waals surface area contributed by atoms with E-state index in [1.165, 1.54) is 12.1 Å². The molecular weight excluding hydrogens is 203 g/mol. The molecule has 0 aliphatic carbocycles. The summed E-state index contributed by atoms with van der Waals surface area (Å²) in [5.74, 6) is -0.586. The van der Waals surface area contributed by atoms with Gasteiger partial charge in [0.1, 0.15) is 0 Å². The van der Waals surface area contributed by atoms with E-state index in [0.29, 0.717) is 5.56 Å². The van der Waals surface area contributed by atoms with Gasteiger partial charge in [-0.15, -0.1) is 0 Å². The lowest BCUT2D eigenvalue weighted by Gasteiger charge is -2.34. The maximum absolute atomic E-state index is 11.1. The smallest absolute Gasteiger partial charge is 0.176 e. The Labute approximate surface area is 82.4 Å². The maximum atomic E-state index is 11.1. The van der Waals surface area contributed by atoms with Crippen molar-refractivity contribution < 1.29 is 19.5 Å². The highest BCUT2D eigenvalue weighted by Crippen LogP contribution is 2.51. The summed E-state index contributed by atoms with van der Waals surface area (Å²) in [5.41, 5.74) is -1.15. The molecule has 0 spiro atoms. The van der Waals surface area contributed by atoms with E-state index in [2.05, 4.69) is 0 Å². The largest absolute Gasteiger partial charge is 0.659 e. The predicted molar refractivity (Wildman–Crippen MR) is 49.0 cm³/mol. The lowest BCUT2D eigenvalue weighted by Crippen LogP contribution is -2.30. The van der Waals surface area contributed by atoms with E-state index in [1.807, 2.05) is 0 Å². The van der Waals surface area contributed by atoms with Crippen molar-refractivity contribution in [2.24, 2.45) is 0 Å². The number of rotatable bonds is 3. The molecule has 0 saturated carbocycles. The van der Waals surface area contributed by atoms with Crippen molar-refractivity contribution in [1.29, 1.82) is 0 Å². The zero-order valence-corrected chi connectivity index (χ0v) is 8.48. The molecule has 0 heterocycles. The molecule has 0 aromatic heterocycles. The van der Waals surface area contributed by atoms with Gasteiger partial charge in [0.2, 0.25) is 0 Å². The minimum absolute atomic E-state index is 0.292. The molecule has 1 unspecified atom stereocenters. The normalized spacial score (nSPS) is 13.7. The van der Waals surface area contributed by atoms with Gasteiger partial charge in [0.25, 0.3) is 0 Å². The molecule has 1 N–H and O–H groups in total. The Morgan fingerprint density at radius 2 is 1.86 bits per heavy atom. The molecule has 76 valence electrons. The van der Waals surface area contributed by atoms with Crippen molar-refractivity contribution >= 4 is 13.7 Å². The Kier molecular flexibility index (Phi) is 3.34. The summed E-state index contributed by atoms with van der Waals surface area (Å²) in [6, 6.07) is 7.91. The minimum Gasteiger partial charge on any atom is -0.659 e. The van der Waals surface area contributed by atoms with Crippen molar-refractivity contribution in [2.75, 3.05) is 0 Å². The van der Waals surface area contributed by atoms with Gasteiger partial charge >= 0.3 is 0 Å². The third kappa shape index (κ3) is 2.59. The first-order chi connectivity index (χ1) is 6.43. The molecule has 4 nitrogen and oxygen atoms in total. The summed E-state index contributed by atoms with van der Waals surface area (Å²) in [7, 11) is -4.65. The molecule has 0 radical (unpaired) electrons. The first-order valence-corrected chi connectivity index (χ1v) is 5.66. The molecule has 1 rings (SSSR count). The molecule has 0 bridgehead atoms. The standard InChI is InChI=1S/C9H11O4P/c1-7(10)9(14(11,12)13)8-5-3-2-4-6-8/h2-6,9H,1H3,(H2,11,12,13)/p-1. The van der Waals surface area contributed by atoms with Crippen LogP contribution in [-0.2, 0) is 4.79 Å². The number of benzene rings is 1. The first-order valence-electron chi connectivity index (χ1n) is 4.02. The van der Waals surface area contributed by atoms with Gasteiger partial charge in [0.05, 0.1) is 7.94 Å². The summed E-state index contributed by atoms with van der Waals surface area (Å²) in [6.07, 6.45) is 0. The second kappa shape index (κ2) is 4.15. The van der Waals surface area contributed by atoms with Crippen LogP contribution in [0.5, 0.6) is 0 Å². The fourth-order valence-corrected chi connectivity index (χ4v) is 2.30. The third-order valence-electron chi connectivity index (χ3n) is 1.83. The van der Waals surface area contributed by atoms with Gasteiger partial charge in [0, 0.05) is 5.56 Å². The van der Waals surface area contributed by atoms with Crippen LogP contribution >= 0.6 is 7.94 Å². The molecular formula is C9H10O4P-. The first kappa shape index (κ1) is 11.3. The van der Waals surface area contributed by atoms with Gasteiger partial charge in [0.15, 0.2) is 11.4 Å². The molecule has 0 aliphatic rings. The maximum Gasteiger partial charge on any atom is 0.176 e. The summed E-state index contributed by atoms with van der Waals surface area (Å²) in [5, 5.41) is 0. The van der Waals surface area contributed by atoms with Gasteiger partial charge in [-0.1, -0.05) is 30.3 Å². The van der Waals surface area contributed by atoms with E-state index in [0.717, 1.165) is 6.92 Å². The quantitative estimate of drug-likeness (QED) is 0.704. The summed E-state index contributed by atoms with van der Waals surface area (Å²) >= 11 is 0. The highest BCUT2D eigenvalue weighted by molar-refractivity contribution is 7.57. The zero-order chi connectivity index (χ0) is 10.8. The van der Waals surface area contributed by atoms with Gasteiger partial charge in [-0.25, -0.2) is 0 Å². The average Bonchev–Trinajstić information content (AvgIpc) is 2.02. The van der Waals surface area contributed by atoms with Crippen molar-refractivity contribution in [3.8, 4) is 0 Å². The fraction of sp³-hybridized carbons (Fsp3) is 0.222. The van der Waals surface area contributed by atoms with Crippen LogP contribution in [0.1, 0.15) is 18.1 Å². The van der Waals surface area contributed by atoms with Crippen LogP contribution in [0.2, 0.25) is 0 Å². The SMILES string of the molecule is CC(=O)C(c1ccccc1)[P+]([O-])([O-])O. The predicted octanol–water partition coefficient (Wildman–Crippen LogP) is -0.208. The molecule has 0 aliphatic heterocycles. The monoisotopic (exact) mass is 213 g/mol. The van der Waals surface area contributed by atoms with E-state index < -0.39 is 19.4 Å². The second-order valence-electron chi connectivity index (χ2n) is 2.99. The molecule has 5 heteroatoms. The van der Waals surface area contributed by atoms with Crippen LogP contribution in [0.15, 0.2) is 30.3 Å². The summed E-state index contributed by atoms with van der Waals surface area (Å²) in [4.78, 5) is 41.8. The summed E-state index contributed by atoms with van der Waals surface area (Å²) in [6.45, 7) is 1.14. The van der Waals surface area contributed by atoms with Gasteiger partial charge in [-0.05, 0) is 6.92 Å². The number of carbonyl (C=O) groups is 1. The van der Waals surface area contributed by atoms with E-state index in [1.54, 1.807) is 18.2 Å². The molecule has 1 aromatic rings. The number of hydrogen-bond donors (Lipinski definition) is 1. The van der Waals surface area contributed by atoms with E-state index >= 15 is 0 Å². The van der Waals surface area contributed by atoms with Crippen molar-refractivity contribution in [2.45, 2.75) is 12.6 Å². The van der Waals surface area contributed by atoms with Gasteiger partial charge in [-0.2, -0.15) is 0 Å². The topological polar surface area (TPSA) is 83.4 Å². The average molecular weight is 213 g/mol. The molecule has 0 saturated heterocycles. The van der Waals surface area contributed by atoms with Gasteiger partial charge < -0.3 is 9.79 Å².